The summed E-state index contributed by atoms with van der Waals surface area (Å²) in [6.45, 7) is 4.09. The lowest BCUT2D eigenvalue weighted by Gasteiger charge is -2.33. The van der Waals surface area contributed by atoms with Crippen LogP contribution < -0.4 is 5.32 Å². The first-order chi connectivity index (χ1) is 8.39. The van der Waals surface area contributed by atoms with Crippen LogP contribution in [0.5, 0.6) is 0 Å². The van der Waals surface area contributed by atoms with Crippen molar-refractivity contribution in [3.63, 3.8) is 0 Å². The van der Waals surface area contributed by atoms with Crippen molar-refractivity contribution >= 4 is 0 Å². The van der Waals surface area contributed by atoms with Gasteiger partial charge in [-0.05, 0) is 31.7 Å². The van der Waals surface area contributed by atoms with Gasteiger partial charge in [0.05, 0.1) is 0 Å². The van der Waals surface area contributed by atoms with Crippen molar-refractivity contribution in [1.29, 1.82) is 0 Å². The molecular formula is C13H26F3NO. The molecule has 0 radical (unpaired) electrons. The van der Waals surface area contributed by atoms with Gasteiger partial charge in [0.1, 0.15) is 6.61 Å². The van der Waals surface area contributed by atoms with Gasteiger partial charge < -0.3 is 10.1 Å². The van der Waals surface area contributed by atoms with Crippen LogP contribution in [0.3, 0.4) is 0 Å². The van der Waals surface area contributed by atoms with Crippen LogP contribution in [-0.4, -0.2) is 33.0 Å². The zero-order chi connectivity index (χ0) is 14.1. The number of rotatable bonds is 10. The fourth-order valence-corrected chi connectivity index (χ4v) is 2.18. The molecule has 0 aliphatic carbocycles. The number of unbranched alkanes of at least 4 members (excludes halogenated alkanes) is 1. The molecule has 2 nitrogen and oxygen atoms in total. The maximum Gasteiger partial charge on any atom is 0.411 e. The van der Waals surface area contributed by atoms with Crippen LogP contribution in [-0.2, 0) is 4.74 Å². The van der Waals surface area contributed by atoms with E-state index in [2.05, 4.69) is 19.2 Å². The summed E-state index contributed by atoms with van der Waals surface area (Å²) in [7, 11) is 1.88. The van der Waals surface area contributed by atoms with Gasteiger partial charge in [-0.25, -0.2) is 0 Å². The Labute approximate surface area is 108 Å². The van der Waals surface area contributed by atoms with Crippen LogP contribution >= 0.6 is 0 Å². The zero-order valence-electron chi connectivity index (χ0n) is 11.7. The SMILES string of the molecule is CCCCC(CC)(CCOCC(F)(F)F)CNC. The summed E-state index contributed by atoms with van der Waals surface area (Å²) in [5, 5.41) is 3.15. The monoisotopic (exact) mass is 269 g/mol. The van der Waals surface area contributed by atoms with Crippen LogP contribution in [0, 0.1) is 5.41 Å². The Morgan fingerprint density at radius 3 is 2.22 bits per heavy atom. The topological polar surface area (TPSA) is 21.3 Å². The standard InChI is InChI=1S/C13H26F3NO/c1-4-6-7-12(5-2,10-17-3)8-9-18-11-13(14,15)16/h17H,4-11H2,1-3H3. The van der Waals surface area contributed by atoms with Crippen molar-refractivity contribution in [3.8, 4) is 0 Å². The van der Waals surface area contributed by atoms with E-state index in [1.807, 2.05) is 7.05 Å². The number of hydrogen-bond acceptors (Lipinski definition) is 2. The highest BCUT2D eigenvalue weighted by Crippen LogP contribution is 2.32. The fraction of sp³-hybridized carbons (Fsp3) is 1.00. The van der Waals surface area contributed by atoms with Crippen LogP contribution in [0.2, 0.25) is 0 Å². The molecule has 0 aliphatic rings. The number of halogens is 3. The molecule has 18 heavy (non-hydrogen) atoms. The van der Waals surface area contributed by atoms with Crippen molar-refractivity contribution in [2.24, 2.45) is 5.41 Å². The van der Waals surface area contributed by atoms with Crippen molar-refractivity contribution in [2.45, 2.75) is 52.1 Å². The van der Waals surface area contributed by atoms with Gasteiger partial charge in [0.15, 0.2) is 0 Å². The van der Waals surface area contributed by atoms with Gasteiger partial charge >= 0.3 is 6.18 Å². The number of ether oxygens (including phenoxy) is 1. The number of hydrogen-bond donors (Lipinski definition) is 1. The number of alkyl halides is 3. The quantitative estimate of drug-likeness (QED) is 0.610. The van der Waals surface area contributed by atoms with Gasteiger partial charge in [-0.2, -0.15) is 13.2 Å². The molecule has 0 aromatic carbocycles. The maximum atomic E-state index is 12.0. The minimum atomic E-state index is -4.22. The third-order valence-electron chi connectivity index (χ3n) is 3.40. The van der Waals surface area contributed by atoms with E-state index in [1.54, 1.807) is 0 Å². The molecule has 0 heterocycles. The van der Waals surface area contributed by atoms with Gasteiger partial charge in [0.25, 0.3) is 0 Å². The lowest BCUT2D eigenvalue weighted by atomic mass is 9.77. The predicted molar refractivity (Wildman–Crippen MR) is 67.7 cm³/mol. The summed E-state index contributed by atoms with van der Waals surface area (Å²) in [5.74, 6) is 0. The Morgan fingerprint density at radius 2 is 1.78 bits per heavy atom. The number of nitrogens with one attached hydrogen (secondary N) is 1. The van der Waals surface area contributed by atoms with Gasteiger partial charge in [0.2, 0.25) is 0 Å². The molecule has 0 spiro atoms. The lowest BCUT2D eigenvalue weighted by molar-refractivity contribution is -0.175. The first-order valence-electron chi connectivity index (χ1n) is 6.68. The van der Waals surface area contributed by atoms with E-state index in [0.29, 0.717) is 6.42 Å². The molecule has 0 bridgehead atoms. The van der Waals surface area contributed by atoms with Crippen molar-refractivity contribution in [3.05, 3.63) is 0 Å². The van der Waals surface area contributed by atoms with Crippen LogP contribution in [0.1, 0.15) is 46.0 Å². The molecule has 0 aromatic heterocycles. The minimum absolute atomic E-state index is 0.0658. The maximum absolute atomic E-state index is 12.0. The zero-order valence-corrected chi connectivity index (χ0v) is 11.7. The Kier molecular flexibility index (Phi) is 8.61. The highest BCUT2D eigenvalue weighted by molar-refractivity contribution is 4.80. The minimum Gasteiger partial charge on any atom is -0.372 e. The molecule has 0 saturated carbocycles. The molecule has 0 amide bonds. The predicted octanol–water partition coefficient (Wildman–Crippen LogP) is 3.76. The summed E-state index contributed by atoms with van der Waals surface area (Å²) in [5.41, 5.74) is 0.0658. The second-order valence-corrected chi connectivity index (χ2v) is 4.91. The first-order valence-corrected chi connectivity index (χ1v) is 6.68. The van der Waals surface area contributed by atoms with E-state index in [-0.39, 0.29) is 12.0 Å². The third kappa shape index (κ3) is 7.93. The van der Waals surface area contributed by atoms with E-state index in [4.69, 9.17) is 4.74 Å². The van der Waals surface area contributed by atoms with Crippen LogP contribution in [0.4, 0.5) is 13.2 Å². The van der Waals surface area contributed by atoms with Gasteiger partial charge in [-0.15, -0.1) is 0 Å². The molecule has 0 rings (SSSR count). The third-order valence-corrected chi connectivity index (χ3v) is 3.40. The molecule has 1 N–H and O–H groups in total. The molecule has 1 atom stereocenters. The highest BCUT2D eigenvalue weighted by Gasteiger charge is 2.29. The molecule has 0 saturated heterocycles. The second kappa shape index (κ2) is 8.75. The largest absolute Gasteiger partial charge is 0.411 e. The smallest absolute Gasteiger partial charge is 0.372 e. The van der Waals surface area contributed by atoms with Crippen molar-refractivity contribution in [1.82, 2.24) is 5.32 Å². The lowest BCUT2D eigenvalue weighted by Crippen LogP contribution is -2.34. The van der Waals surface area contributed by atoms with Crippen LogP contribution in [0.25, 0.3) is 0 Å². The summed E-state index contributed by atoms with van der Waals surface area (Å²) < 4.78 is 40.6. The van der Waals surface area contributed by atoms with E-state index >= 15 is 0 Å². The van der Waals surface area contributed by atoms with Gasteiger partial charge in [-0.3, -0.25) is 0 Å². The Hall–Kier alpha value is -0.290. The molecule has 110 valence electrons. The Morgan fingerprint density at radius 1 is 1.11 bits per heavy atom. The van der Waals surface area contributed by atoms with Crippen LogP contribution in [0.15, 0.2) is 0 Å². The van der Waals surface area contributed by atoms with Gasteiger partial charge in [-0.1, -0.05) is 26.7 Å². The average molecular weight is 269 g/mol. The summed E-state index contributed by atoms with van der Waals surface area (Å²) in [6.07, 6.45) is 0.671. The summed E-state index contributed by atoms with van der Waals surface area (Å²) in [6, 6.07) is 0. The second-order valence-electron chi connectivity index (χ2n) is 4.91. The van der Waals surface area contributed by atoms with E-state index in [1.165, 1.54) is 0 Å². The molecular weight excluding hydrogens is 243 g/mol. The Balaban J connectivity index is 4.14. The fourth-order valence-electron chi connectivity index (χ4n) is 2.18. The Bertz CT molecular complexity index is 209. The molecule has 0 aromatic rings. The van der Waals surface area contributed by atoms with Crippen molar-refractivity contribution in [2.75, 3.05) is 26.8 Å². The van der Waals surface area contributed by atoms with E-state index < -0.39 is 12.8 Å². The average Bonchev–Trinajstić information content (AvgIpc) is 2.30. The van der Waals surface area contributed by atoms with Crippen molar-refractivity contribution < 1.29 is 17.9 Å². The molecule has 0 aliphatic heterocycles. The molecule has 1 unspecified atom stereocenters. The first kappa shape index (κ1) is 17.7. The van der Waals surface area contributed by atoms with E-state index in [0.717, 1.165) is 32.2 Å². The summed E-state index contributed by atoms with van der Waals surface area (Å²) >= 11 is 0. The summed E-state index contributed by atoms with van der Waals surface area (Å²) in [4.78, 5) is 0. The van der Waals surface area contributed by atoms with Gasteiger partial charge in [0, 0.05) is 13.2 Å². The molecule has 5 heteroatoms. The molecule has 0 fully saturated rings. The van der Waals surface area contributed by atoms with E-state index in [9.17, 15) is 13.2 Å². The highest BCUT2D eigenvalue weighted by atomic mass is 19.4. The normalized spacial score (nSPS) is 15.7.